The van der Waals surface area contributed by atoms with Crippen LogP contribution in [0.2, 0.25) is 0 Å². The number of nitrogens with zero attached hydrogens (tertiary/aromatic N) is 2. The van der Waals surface area contributed by atoms with Crippen LogP contribution >= 0.6 is 0 Å². The second kappa shape index (κ2) is 8.82. The first-order chi connectivity index (χ1) is 14.8. The number of nitrogens with two attached hydrogens (primary N) is 1. The average molecular weight is 438 g/mol. The summed E-state index contributed by atoms with van der Waals surface area (Å²) in [6.45, 7) is 15.1. The first-order valence-corrected chi connectivity index (χ1v) is 10.9. The first-order valence-electron chi connectivity index (χ1n) is 10.9. The second-order valence-corrected chi connectivity index (χ2v) is 10.3. The fraction of sp³-hybridized carbons (Fsp3) is 0.440. The third kappa shape index (κ3) is 5.79. The van der Waals surface area contributed by atoms with E-state index in [4.69, 9.17) is 10.5 Å². The highest BCUT2D eigenvalue weighted by atomic mass is 16.6. The van der Waals surface area contributed by atoms with Gasteiger partial charge < -0.3 is 15.8 Å². The average Bonchev–Trinajstić information content (AvgIpc) is 2.98. The molecule has 3 rings (SSSR count). The number of benzene rings is 2. The summed E-state index contributed by atoms with van der Waals surface area (Å²) in [6.07, 6.45) is -0.500. The largest absolute Gasteiger partial charge is 0.444 e. The third-order valence-corrected chi connectivity index (χ3v) is 5.41. The van der Waals surface area contributed by atoms with E-state index in [1.807, 2.05) is 55.7 Å². The van der Waals surface area contributed by atoms with Crippen molar-refractivity contribution in [3.63, 3.8) is 0 Å². The minimum absolute atomic E-state index is 0.189. The van der Waals surface area contributed by atoms with Crippen LogP contribution in [-0.2, 0) is 11.3 Å². The molecule has 4 N–H and O–H groups in total. The minimum atomic E-state index is -0.566. The fourth-order valence-electron chi connectivity index (χ4n) is 3.25. The van der Waals surface area contributed by atoms with E-state index in [9.17, 15) is 4.79 Å². The van der Waals surface area contributed by atoms with E-state index >= 15 is 0 Å². The Balaban J connectivity index is 1.83. The minimum Gasteiger partial charge on any atom is -0.444 e. The number of aromatic nitrogens is 2. The molecule has 0 aliphatic heterocycles. The molecular formula is C25H35N5O2. The van der Waals surface area contributed by atoms with Crippen LogP contribution < -0.4 is 16.4 Å². The smallest absolute Gasteiger partial charge is 0.412 e. The molecule has 1 heterocycles. The Morgan fingerprint density at radius 3 is 2.50 bits per heavy atom. The maximum absolute atomic E-state index is 12.1. The van der Waals surface area contributed by atoms with Crippen LogP contribution in [0.3, 0.4) is 0 Å². The van der Waals surface area contributed by atoms with E-state index in [0.29, 0.717) is 17.7 Å². The van der Waals surface area contributed by atoms with Gasteiger partial charge in [0.2, 0.25) is 5.95 Å². The summed E-state index contributed by atoms with van der Waals surface area (Å²) in [6, 6.07) is 14.0. The number of carbonyl (C=O) groups excluding carboxylic acids is 1. The standard InChI is InChI=1S/C25H35N5O2/c1-16(24(2,3)4)27-15-17-11-12-21-20(13-17)29-22(26)30(21)19-10-8-9-18(14-19)28-23(31)32-25(5,6)7/h8-14,16,27H,15H2,1-7H3,(H2,26,29)(H,28,31)/t16-/m0/s1. The lowest BCUT2D eigenvalue weighted by Crippen LogP contribution is -2.37. The number of carbonyl (C=O) groups is 1. The van der Waals surface area contributed by atoms with Gasteiger partial charge >= 0.3 is 6.09 Å². The van der Waals surface area contributed by atoms with Gasteiger partial charge in [-0.1, -0.05) is 32.9 Å². The predicted molar refractivity (Wildman–Crippen MR) is 131 cm³/mol. The van der Waals surface area contributed by atoms with Crippen LogP contribution in [0, 0.1) is 5.41 Å². The molecule has 1 aromatic heterocycles. The number of amides is 1. The van der Waals surface area contributed by atoms with Crippen molar-refractivity contribution >= 4 is 28.8 Å². The molecule has 0 radical (unpaired) electrons. The van der Waals surface area contributed by atoms with Gasteiger partial charge in [0.15, 0.2) is 0 Å². The summed E-state index contributed by atoms with van der Waals surface area (Å²) in [5, 5.41) is 6.35. The molecule has 0 aliphatic rings. The number of anilines is 2. The zero-order chi connectivity index (χ0) is 23.7. The van der Waals surface area contributed by atoms with Gasteiger partial charge in [0.1, 0.15) is 5.60 Å². The van der Waals surface area contributed by atoms with Crippen molar-refractivity contribution in [3.8, 4) is 5.69 Å². The summed E-state index contributed by atoms with van der Waals surface area (Å²) in [4.78, 5) is 16.7. The van der Waals surface area contributed by atoms with Gasteiger partial charge in [-0.2, -0.15) is 0 Å². The zero-order valence-electron chi connectivity index (χ0n) is 20.1. The molecule has 7 heteroatoms. The highest BCUT2D eigenvalue weighted by Gasteiger charge is 2.20. The van der Waals surface area contributed by atoms with Crippen LogP contribution in [0.5, 0.6) is 0 Å². The van der Waals surface area contributed by atoms with Gasteiger partial charge in [0.05, 0.1) is 16.7 Å². The molecule has 1 atom stereocenters. The van der Waals surface area contributed by atoms with E-state index in [1.165, 1.54) is 0 Å². The number of nitrogen functional groups attached to an aromatic ring is 1. The predicted octanol–water partition coefficient (Wildman–Crippen LogP) is 5.48. The maximum atomic E-state index is 12.1. The Hall–Kier alpha value is -3.06. The molecule has 172 valence electrons. The number of ether oxygens (including phenoxy) is 1. The van der Waals surface area contributed by atoms with E-state index in [-0.39, 0.29) is 5.41 Å². The van der Waals surface area contributed by atoms with Crippen LogP contribution in [0.25, 0.3) is 16.7 Å². The zero-order valence-corrected chi connectivity index (χ0v) is 20.1. The highest BCUT2D eigenvalue weighted by Crippen LogP contribution is 2.26. The number of rotatable bonds is 5. The molecular weight excluding hydrogens is 402 g/mol. The third-order valence-electron chi connectivity index (χ3n) is 5.41. The van der Waals surface area contributed by atoms with Crippen molar-refractivity contribution in [2.45, 2.75) is 66.7 Å². The Labute approximate surface area is 190 Å². The maximum Gasteiger partial charge on any atom is 0.412 e. The Morgan fingerprint density at radius 1 is 1.12 bits per heavy atom. The van der Waals surface area contributed by atoms with Gasteiger partial charge in [0, 0.05) is 18.3 Å². The van der Waals surface area contributed by atoms with Crippen molar-refractivity contribution < 1.29 is 9.53 Å². The number of hydrogen-bond donors (Lipinski definition) is 3. The Morgan fingerprint density at radius 2 is 1.84 bits per heavy atom. The van der Waals surface area contributed by atoms with Gasteiger partial charge in [0.25, 0.3) is 0 Å². The van der Waals surface area contributed by atoms with Crippen LogP contribution in [0.4, 0.5) is 16.4 Å². The van der Waals surface area contributed by atoms with Gasteiger partial charge in [-0.3, -0.25) is 9.88 Å². The van der Waals surface area contributed by atoms with Gasteiger partial charge in [-0.25, -0.2) is 9.78 Å². The second-order valence-electron chi connectivity index (χ2n) is 10.3. The van der Waals surface area contributed by atoms with Crippen molar-refractivity contribution in [1.82, 2.24) is 14.9 Å². The molecule has 1 amide bonds. The van der Waals surface area contributed by atoms with Gasteiger partial charge in [-0.15, -0.1) is 0 Å². The SMILES string of the molecule is C[C@H](NCc1ccc2c(c1)nc(N)n2-c1cccc(NC(=O)OC(C)(C)C)c1)C(C)(C)C. The molecule has 3 aromatic rings. The molecule has 0 aliphatic carbocycles. The number of fused-ring (bicyclic) bond motifs is 1. The molecule has 0 saturated heterocycles. The lowest BCUT2D eigenvalue weighted by molar-refractivity contribution is 0.0636. The molecule has 0 unspecified atom stereocenters. The normalized spacial score (nSPS) is 13.2. The molecule has 2 aromatic carbocycles. The summed E-state index contributed by atoms with van der Waals surface area (Å²) in [5.74, 6) is 0.391. The van der Waals surface area contributed by atoms with Crippen molar-refractivity contribution in [3.05, 3.63) is 48.0 Å². The Kier molecular flexibility index (Phi) is 6.51. The monoisotopic (exact) mass is 437 g/mol. The van der Waals surface area contributed by atoms with Crippen molar-refractivity contribution in [2.75, 3.05) is 11.1 Å². The molecule has 0 bridgehead atoms. The van der Waals surface area contributed by atoms with Crippen LogP contribution in [-0.4, -0.2) is 27.3 Å². The first kappa shape index (κ1) is 23.6. The molecule has 32 heavy (non-hydrogen) atoms. The summed E-state index contributed by atoms with van der Waals surface area (Å²) >= 11 is 0. The van der Waals surface area contributed by atoms with Crippen LogP contribution in [0.1, 0.15) is 54.0 Å². The lowest BCUT2D eigenvalue weighted by Gasteiger charge is -2.28. The number of hydrogen-bond acceptors (Lipinski definition) is 5. The van der Waals surface area contributed by atoms with Crippen molar-refractivity contribution in [2.24, 2.45) is 5.41 Å². The number of nitrogens with one attached hydrogen (secondary N) is 2. The van der Waals surface area contributed by atoms with Crippen molar-refractivity contribution in [1.29, 1.82) is 0 Å². The molecule has 0 spiro atoms. The quantitative estimate of drug-likeness (QED) is 0.491. The molecule has 0 fully saturated rings. The van der Waals surface area contributed by atoms with E-state index in [2.05, 4.69) is 55.4 Å². The summed E-state index contributed by atoms with van der Waals surface area (Å²) < 4.78 is 7.22. The summed E-state index contributed by atoms with van der Waals surface area (Å²) in [5.41, 5.74) is 10.2. The van der Waals surface area contributed by atoms with E-state index < -0.39 is 11.7 Å². The van der Waals surface area contributed by atoms with Crippen LogP contribution in [0.15, 0.2) is 42.5 Å². The highest BCUT2D eigenvalue weighted by molar-refractivity contribution is 5.86. The Bertz CT molecular complexity index is 1110. The van der Waals surface area contributed by atoms with E-state index in [0.717, 1.165) is 28.8 Å². The number of imidazole rings is 1. The lowest BCUT2D eigenvalue weighted by atomic mass is 9.88. The fourth-order valence-corrected chi connectivity index (χ4v) is 3.25. The topological polar surface area (TPSA) is 94.2 Å². The molecule has 0 saturated carbocycles. The summed E-state index contributed by atoms with van der Waals surface area (Å²) in [7, 11) is 0. The van der Waals surface area contributed by atoms with E-state index in [1.54, 1.807) is 0 Å². The van der Waals surface area contributed by atoms with Gasteiger partial charge in [-0.05, 0) is 69.0 Å². The molecule has 7 nitrogen and oxygen atoms in total.